The number of hydrogen-bond donors (Lipinski definition) is 7. The van der Waals surface area contributed by atoms with Crippen molar-refractivity contribution in [3.8, 4) is 22.6 Å². The van der Waals surface area contributed by atoms with Crippen LogP contribution in [0.15, 0.2) is 60.9 Å². The Bertz CT molecular complexity index is 1340. The van der Waals surface area contributed by atoms with Crippen molar-refractivity contribution in [2.45, 2.75) is 18.8 Å². The number of nitrogens with zero attached hydrogens (tertiary/aromatic N) is 1. The van der Waals surface area contributed by atoms with Gasteiger partial charge in [0.25, 0.3) is 5.91 Å². The van der Waals surface area contributed by atoms with Crippen LogP contribution in [0.1, 0.15) is 28.5 Å². The Morgan fingerprint density at radius 3 is 2.68 bits per heavy atom. The molecule has 4 aromatic rings. The maximum absolute atomic E-state index is 13.2. The molecule has 10 heteroatoms. The first kappa shape index (κ1) is 21.8. The van der Waals surface area contributed by atoms with Gasteiger partial charge in [-0.2, -0.15) is 0 Å². The van der Waals surface area contributed by atoms with E-state index in [0.29, 0.717) is 24.1 Å². The van der Waals surface area contributed by atoms with E-state index in [1.165, 1.54) is 36.4 Å². The van der Waals surface area contributed by atoms with Crippen LogP contribution in [0.3, 0.4) is 0 Å². The standard InChI is InChI=1S/C24H23FN6O3/c25-16-4-1-13(2-5-16)15-9-17(22(33)20(32)11-15)24(34)26-8-7-21-29-23(31-30-21)14-3-6-18-19(10-14)28-12-27-18/h1-6,9-12,21,23,29-33H,7-8H2,(H,26,34)(H,27,28). The molecular formula is C24H23FN6O3. The molecule has 5 rings (SSSR count). The molecule has 1 saturated heterocycles. The van der Waals surface area contributed by atoms with Gasteiger partial charge in [-0.25, -0.2) is 20.2 Å². The predicted molar refractivity (Wildman–Crippen MR) is 124 cm³/mol. The number of carbonyl (C=O) groups excluding carboxylic acids is 1. The number of aromatic amines is 1. The highest BCUT2D eigenvalue weighted by Gasteiger charge is 2.24. The van der Waals surface area contributed by atoms with Crippen LogP contribution in [0, 0.1) is 5.82 Å². The number of amides is 1. The maximum Gasteiger partial charge on any atom is 0.255 e. The number of halogens is 1. The van der Waals surface area contributed by atoms with Crippen LogP contribution in [0.5, 0.6) is 11.5 Å². The quantitative estimate of drug-likeness (QED) is 0.219. The lowest BCUT2D eigenvalue weighted by Gasteiger charge is -2.14. The molecule has 1 fully saturated rings. The average molecular weight is 462 g/mol. The van der Waals surface area contributed by atoms with Crippen molar-refractivity contribution in [2.24, 2.45) is 0 Å². The molecule has 174 valence electrons. The van der Waals surface area contributed by atoms with E-state index in [-0.39, 0.29) is 17.9 Å². The zero-order valence-electron chi connectivity index (χ0n) is 18.0. The highest BCUT2D eigenvalue weighted by Crippen LogP contribution is 2.34. The molecule has 1 aromatic heterocycles. The van der Waals surface area contributed by atoms with Gasteiger partial charge in [-0.05, 0) is 59.5 Å². The minimum atomic E-state index is -0.524. The summed E-state index contributed by atoms with van der Waals surface area (Å²) >= 11 is 0. The second kappa shape index (κ2) is 9.10. The summed E-state index contributed by atoms with van der Waals surface area (Å²) in [6.45, 7) is 0.318. The van der Waals surface area contributed by atoms with E-state index in [4.69, 9.17) is 0 Å². The van der Waals surface area contributed by atoms with Crippen LogP contribution in [0.2, 0.25) is 0 Å². The number of benzene rings is 3. The van der Waals surface area contributed by atoms with Crippen molar-refractivity contribution in [3.63, 3.8) is 0 Å². The molecule has 1 aliphatic heterocycles. The molecule has 7 N–H and O–H groups in total. The number of aromatic hydroxyl groups is 2. The molecule has 2 unspecified atom stereocenters. The summed E-state index contributed by atoms with van der Waals surface area (Å²) in [7, 11) is 0. The van der Waals surface area contributed by atoms with Gasteiger partial charge < -0.3 is 20.5 Å². The number of nitrogens with one attached hydrogen (secondary N) is 5. The number of phenols is 2. The summed E-state index contributed by atoms with van der Waals surface area (Å²) in [4.78, 5) is 20.0. The molecule has 0 spiro atoms. The third kappa shape index (κ3) is 4.42. The van der Waals surface area contributed by atoms with Crippen molar-refractivity contribution >= 4 is 16.9 Å². The van der Waals surface area contributed by atoms with Crippen molar-refractivity contribution < 1.29 is 19.4 Å². The largest absolute Gasteiger partial charge is 0.504 e. The second-order valence-electron chi connectivity index (χ2n) is 8.06. The zero-order chi connectivity index (χ0) is 23.7. The molecule has 3 aromatic carbocycles. The van der Waals surface area contributed by atoms with Gasteiger partial charge in [0, 0.05) is 6.54 Å². The Hall–Kier alpha value is -3.99. The fourth-order valence-electron chi connectivity index (χ4n) is 3.96. The van der Waals surface area contributed by atoms with Crippen LogP contribution < -0.4 is 21.5 Å². The number of carbonyl (C=O) groups is 1. The second-order valence-corrected chi connectivity index (χ2v) is 8.06. The molecule has 9 nitrogen and oxygen atoms in total. The molecule has 1 aliphatic rings. The molecular weight excluding hydrogens is 439 g/mol. The SMILES string of the molecule is O=C(NCCC1NNC(c2ccc3nc[nH]c3c2)N1)c1cc(-c2ccc(F)cc2)cc(O)c1O. The topological polar surface area (TPSA) is 134 Å². The Kier molecular flexibility index (Phi) is 5.84. The Morgan fingerprint density at radius 2 is 1.85 bits per heavy atom. The fourth-order valence-corrected chi connectivity index (χ4v) is 3.96. The van der Waals surface area contributed by atoms with Crippen LogP contribution >= 0.6 is 0 Å². The van der Waals surface area contributed by atoms with Crippen molar-refractivity contribution in [1.29, 1.82) is 0 Å². The van der Waals surface area contributed by atoms with E-state index in [0.717, 1.165) is 16.6 Å². The van der Waals surface area contributed by atoms with E-state index in [2.05, 4.69) is 31.5 Å². The van der Waals surface area contributed by atoms with Crippen LogP contribution in [0.4, 0.5) is 4.39 Å². The van der Waals surface area contributed by atoms with Gasteiger partial charge >= 0.3 is 0 Å². The molecule has 0 aliphatic carbocycles. The van der Waals surface area contributed by atoms with Crippen molar-refractivity contribution in [2.75, 3.05) is 6.54 Å². The number of hydrazine groups is 1. The first-order valence-electron chi connectivity index (χ1n) is 10.8. The smallest absolute Gasteiger partial charge is 0.255 e. The van der Waals surface area contributed by atoms with Gasteiger partial charge in [0.05, 0.1) is 35.3 Å². The Morgan fingerprint density at radius 1 is 1.03 bits per heavy atom. The van der Waals surface area contributed by atoms with Gasteiger partial charge in [-0.1, -0.05) is 18.2 Å². The molecule has 2 heterocycles. The van der Waals surface area contributed by atoms with Gasteiger partial charge in [0.15, 0.2) is 11.5 Å². The van der Waals surface area contributed by atoms with E-state index in [1.807, 2.05) is 18.2 Å². The summed E-state index contributed by atoms with van der Waals surface area (Å²) < 4.78 is 13.2. The molecule has 0 saturated carbocycles. The monoisotopic (exact) mass is 462 g/mol. The normalized spacial score (nSPS) is 17.8. The Balaban J connectivity index is 1.20. The Labute approximate surface area is 194 Å². The molecule has 34 heavy (non-hydrogen) atoms. The minimum Gasteiger partial charge on any atom is -0.504 e. The number of fused-ring (bicyclic) bond motifs is 1. The van der Waals surface area contributed by atoms with Crippen LogP contribution in [-0.4, -0.2) is 38.8 Å². The zero-order valence-corrected chi connectivity index (χ0v) is 18.0. The summed E-state index contributed by atoms with van der Waals surface area (Å²) in [5.74, 6) is -1.84. The number of rotatable bonds is 6. The predicted octanol–water partition coefficient (Wildman–Crippen LogP) is 2.62. The number of hydrogen-bond acceptors (Lipinski definition) is 7. The summed E-state index contributed by atoms with van der Waals surface area (Å²) in [6, 6.07) is 14.4. The fraction of sp³-hybridized carbons (Fsp3) is 0.167. The first-order valence-corrected chi connectivity index (χ1v) is 10.8. The van der Waals surface area contributed by atoms with Gasteiger partial charge in [0.2, 0.25) is 0 Å². The molecule has 1 amide bonds. The van der Waals surface area contributed by atoms with Gasteiger partial charge in [-0.3, -0.25) is 10.1 Å². The molecule has 2 atom stereocenters. The number of aromatic nitrogens is 2. The third-order valence-electron chi connectivity index (χ3n) is 5.78. The van der Waals surface area contributed by atoms with Crippen molar-refractivity contribution in [1.82, 2.24) is 31.5 Å². The highest BCUT2D eigenvalue weighted by atomic mass is 19.1. The summed E-state index contributed by atoms with van der Waals surface area (Å²) in [5.41, 5.74) is 10.3. The van der Waals surface area contributed by atoms with E-state index < -0.39 is 23.2 Å². The molecule has 0 bridgehead atoms. The lowest BCUT2D eigenvalue weighted by atomic mass is 10.0. The molecule has 0 radical (unpaired) electrons. The average Bonchev–Trinajstić information content (AvgIpc) is 3.50. The summed E-state index contributed by atoms with van der Waals surface area (Å²) in [5, 5.41) is 26.5. The summed E-state index contributed by atoms with van der Waals surface area (Å²) in [6.07, 6.45) is 2.00. The van der Waals surface area contributed by atoms with Gasteiger partial charge in [-0.15, -0.1) is 0 Å². The van der Waals surface area contributed by atoms with E-state index >= 15 is 0 Å². The number of H-pyrrole nitrogens is 1. The number of phenolic OH excluding ortho intramolecular Hbond substituents is 2. The highest BCUT2D eigenvalue weighted by molar-refractivity contribution is 5.99. The van der Waals surface area contributed by atoms with Gasteiger partial charge in [0.1, 0.15) is 5.82 Å². The van der Waals surface area contributed by atoms with Crippen LogP contribution in [-0.2, 0) is 0 Å². The lowest BCUT2D eigenvalue weighted by molar-refractivity contribution is 0.0948. The van der Waals surface area contributed by atoms with Crippen LogP contribution in [0.25, 0.3) is 22.2 Å². The van der Waals surface area contributed by atoms with Crippen molar-refractivity contribution in [3.05, 3.63) is 77.9 Å². The minimum absolute atomic E-state index is 0.0597. The lowest BCUT2D eigenvalue weighted by Crippen LogP contribution is -2.37. The van der Waals surface area contributed by atoms with E-state index in [9.17, 15) is 19.4 Å². The first-order chi connectivity index (χ1) is 16.5. The maximum atomic E-state index is 13.2. The third-order valence-corrected chi connectivity index (χ3v) is 5.78. The number of imidazole rings is 1. The van der Waals surface area contributed by atoms with E-state index in [1.54, 1.807) is 6.33 Å².